The number of carbonyl (C=O) groups is 3. The van der Waals surface area contributed by atoms with Crippen molar-refractivity contribution < 1.29 is 28.6 Å². The van der Waals surface area contributed by atoms with Gasteiger partial charge in [-0.1, -0.05) is 11.6 Å². The summed E-state index contributed by atoms with van der Waals surface area (Å²) in [6.45, 7) is 6.46. The molecule has 0 unspecified atom stereocenters. The van der Waals surface area contributed by atoms with Crippen LogP contribution in [0.4, 0.5) is 0 Å². The molecule has 0 spiro atoms. The topological polar surface area (TPSA) is 78.9 Å². The molecule has 1 aliphatic heterocycles. The van der Waals surface area contributed by atoms with E-state index in [4.69, 9.17) is 14.2 Å². The molecule has 1 heterocycles. The lowest BCUT2D eigenvalue weighted by Crippen LogP contribution is -2.20. The van der Waals surface area contributed by atoms with Crippen molar-refractivity contribution in [2.75, 3.05) is 6.61 Å². The Balaban J connectivity index is 2.36. The van der Waals surface area contributed by atoms with Crippen LogP contribution in [-0.4, -0.2) is 36.7 Å². The van der Waals surface area contributed by atoms with Crippen LogP contribution in [-0.2, 0) is 28.6 Å². The van der Waals surface area contributed by atoms with Crippen molar-refractivity contribution in [3.05, 3.63) is 34.4 Å². The molecule has 0 aromatic heterocycles. The molecule has 136 valence electrons. The number of ether oxygens (including phenoxy) is 3. The number of rotatable bonds is 3. The first-order valence-electron chi connectivity index (χ1n) is 8.35. The fourth-order valence-electron chi connectivity index (χ4n) is 2.93. The van der Waals surface area contributed by atoms with E-state index >= 15 is 0 Å². The van der Waals surface area contributed by atoms with Gasteiger partial charge in [-0.25, -0.2) is 4.79 Å². The number of fused-ring (bicyclic) bond motifs is 1. The van der Waals surface area contributed by atoms with Crippen LogP contribution in [0.25, 0.3) is 0 Å². The third kappa shape index (κ3) is 5.05. The molecule has 0 saturated heterocycles. The van der Waals surface area contributed by atoms with E-state index in [9.17, 15) is 14.4 Å². The lowest BCUT2D eigenvalue weighted by molar-refractivity contribution is -0.145. The Hall–Kier alpha value is -2.37. The second-order valence-electron chi connectivity index (χ2n) is 6.40. The highest BCUT2D eigenvalue weighted by Gasteiger charge is 2.34. The van der Waals surface area contributed by atoms with Crippen LogP contribution in [0.5, 0.6) is 0 Å². The lowest BCUT2D eigenvalue weighted by atomic mass is 9.93. The van der Waals surface area contributed by atoms with Gasteiger partial charge >= 0.3 is 17.9 Å². The smallest absolute Gasteiger partial charge is 0.338 e. The molecule has 2 aliphatic rings. The molecule has 0 bridgehead atoms. The largest absolute Gasteiger partial charge is 0.461 e. The van der Waals surface area contributed by atoms with E-state index in [1.807, 2.05) is 19.9 Å². The lowest BCUT2D eigenvalue weighted by Gasteiger charge is -2.20. The van der Waals surface area contributed by atoms with Gasteiger partial charge in [0.1, 0.15) is 18.8 Å². The van der Waals surface area contributed by atoms with Crippen molar-refractivity contribution in [2.24, 2.45) is 0 Å². The maximum Gasteiger partial charge on any atom is 0.338 e. The Kier molecular flexibility index (Phi) is 6.17. The van der Waals surface area contributed by atoms with Crippen molar-refractivity contribution >= 4 is 17.9 Å². The minimum atomic E-state index is -0.512. The average Bonchev–Trinajstić information content (AvgIpc) is 2.81. The van der Waals surface area contributed by atoms with Crippen LogP contribution in [0.1, 0.15) is 47.0 Å². The van der Waals surface area contributed by atoms with Gasteiger partial charge in [-0.2, -0.15) is 0 Å². The summed E-state index contributed by atoms with van der Waals surface area (Å²) in [7, 11) is 0. The van der Waals surface area contributed by atoms with E-state index in [2.05, 4.69) is 6.08 Å². The summed E-state index contributed by atoms with van der Waals surface area (Å²) in [5.74, 6) is -1.26. The van der Waals surface area contributed by atoms with E-state index in [1.54, 1.807) is 0 Å². The maximum absolute atomic E-state index is 12.2. The molecule has 2 atom stereocenters. The predicted molar refractivity (Wildman–Crippen MR) is 90.5 cm³/mol. The second kappa shape index (κ2) is 8.14. The van der Waals surface area contributed by atoms with Crippen LogP contribution < -0.4 is 0 Å². The highest BCUT2D eigenvalue weighted by atomic mass is 16.6. The quantitative estimate of drug-likeness (QED) is 0.443. The van der Waals surface area contributed by atoms with Crippen LogP contribution in [0, 0.1) is 0 Å². The van der Waals surface area contributed by atoms with Crippen LogP contribution in [0.15, 0.2) is 34.4 Å². The zero-order chi connectivity index (χ0) is 18.6. The van der Waals surface area contributed by atoms with Gasteiger partial charge < -0.3 is 14.2 Å². The third-order valence-corrected chi connectivity index (χ3v) is 4.33. The minimum absolute atomic E-state index is 0.0803. The van der Waals surface area contributed by atoms with Gasteiger partial charge in [0.05, 0.1) is 5.57 Å². The summed E-state index contributed by atoms with van der Waals surface area (Å²) >= 11 is 0. The van der Waals surface area contributed by atoms with Crippen LogP contribution in [0.2, 0.25) is 0 Å². The number of hydrogen-bond donors (Lipinski definition) is 0. The normalized spacial score (nSPS) is 28.1. The fourth-order valence-corrected chi connectivity index (χ4v) is 2.93. The molecule has 2 rings (SSSR count). The molecule has 0 radical (unpaired) electrons. The zero-order valence-electron chi connectivity index (χ0n) is 15.1. The molecule has 1 aliphatic carbocycles. The summed E-state index contributed by atoms with van der Waals surface area (Å²) < 4.78 is 15.8. The molecule has 0 amide bonds. The highest BCUT2D eigenvalue weighted by Crippen LogP contribution is 2.31. The second-order valence-corrected chi connectivity index (χ2v) is 6.40. The standard InChI is InChI=1S/C19H24O6/c1-11-5-7-15-16(10-23-13(3)20)19(22)25-18(15)9-12(2)17(8-6-11)24-14(4)21/h6,9,17-18H,5,7-8,10H2,1-4H3/b11-6+,12-9+/t17-,18+/m0/s1. The maximum atomic E-state index is 12.2. The molecule has 0 saturated carbocycles. The molecule has 25 heavy (non-hydrogen) atoms. The van der Waals surface area contributed by atoms with Gasteiger partial charge in [-0.3, -0.25) is 9.59 Å². The number of hydrogen-bond acceptors (Lipinski definition) is 6. The first kappa shape index (κ1) is 19.0. The van der Waals surface area contributed by atoms with Gasteiger partial charge in [0.15, 0.2) is 0 Å². The van der Waals surface area contributed by atoms with E-state index in [0.717, 1.165) is 23.1 Å². The molecule has 6 heteroatoms. The van der Waals surface area contributed by atoms with E-state index in [1.165, 1.54) is 13.8 Å². The van der Waals surface area contributed by atoms with Gasteiger partial charge in [-0.05, 0) is 43.9 Å². The summed E-state index contributed by atoms with van der Waals surface area (Å²) in [5, 5.41) is 0. The molecular formula is C19H24O6. The fraction of sp³-hybridized carbons (Fsp3) is 0.526. The summed E-state index contributed by atoms with van der Waals surface area (Å²) in [6.07, 6.45) is 4.97. The van der Waals surface area contributed by atoms with Crippen molar-refractivity contribution in [3.8, 4) is 0 Å². The van der Waals surface area contributed by atoms with Gasteiger partial charge in [-0.15, -0.1) is 0 Å². The monoisotopic (exact) mass is 348 g/mol. The average molecular weight is 348 g/mol. The Bertz CT molecular complexity index is 667. The van der Waals surface area contributed by atoms with Crippen molar-refractivity contribution in [1.82, 2.24) is 0 Å². The Morgan fingerprint density at radius 1 is 1.20 bits per heavy atom. The number of esters is 3. The molecule has 0 fully saturated rings. The Labute approximate surface area is 147 Å². The van der Waals surface area contributed by atoms with Crippen molar-refractivity contribution in [1.29, 1.82) is 0 Å². The molecular weight excluding hydrogens is 324 g/mol. The summed E-state index contributed by atoms with van der Waals surface area (Å²) in [4.78, 5) is 34.6. The van der Waals surface area contributed by atoms with Crippen LogP contribution in [0.3, 0.4) is 0 Å². The summed E-state index contributed by atoms with van der Waals surface area (Å²) in [5.41, 5.74) is 3.19. The minimum Gasteiger partial charge on any atom is -0.461 e. The predicted octanol–water partition coefficient (Wildman–Crippen LogP) is 2.78. The van der Waals surface area contributed by atoms with Crippen molar-refractivity contribution in [3.63, 3.8) is 0 Å². The molecule has 0 N–H and O–H groups in total. The van der Waals surface area contributed by atoms with E-state index in [-0.39, 0.29) is 18.7 Å². The number of carbonyl (C=O) groups excluding carboxylic acids is 3. The van der Waals surface area contributed by atoms with Crippen molar-refractivity contribution in [2.45, 2.75) is 59.2 Å². The summed E-state index contributed by atoms with van der Waals surface area (Å²) in [6, 6.07) is 0. The van der Waals surface area contributed by atoms with E-state index in [0.29, 0.717) is 18.4 Å². The Morgan fingerprint density at radius 3 is 2.56 bits per heavy atom. The van der Waals surface area contributed by atoms with Gasteiger partial charge in [0.25, 0.3) is 0 Å². The van der Waals surface area contributed by atoms with Crippen LogP contribution >= 0.6 is 0 Å². The Morgan fingerprint density at radius 2 is 1.92 bits per heavy atom. The first-order valence-corrected chi connectivity index (χ1v) is 8.35. The molecule has 0 aromatic carbocycles. The third-order valence-electron chi connectivity index (χ3n) is 4.33. The highest BCUT2D eigenvalue weighted by molar-refractivity contribution is 5.93. The number of allylic oxidation sites excluding steroid dienone is 1. The first-order chi connectivity index (χ1) is 11.8. The van der Waals surface area contributed by atoms with Gasteiger partial charge in [0.2, 0.25) is 0 Å². The zero-order valence-corrected chi connectivity index (χ0v) is 15.1. The molecule has 6 nitrogen and oxygen atoms in total. The van der Waals surface area contributed by atoms with Gasteiger partial charge in [0, 0.05) is 20.3 Å². The molecule has 0 aromatic rings. The SMILES string of the molecule is CC(=O)OCC1=C2CC/C(C)=C/C[C@H](OC(C)=O)/C(C)=C/[C@H]2OC1=O. The van der Waals surface area contributed by atoms with E-state index < -0.39 is 18.0 Å².